The van der Waals surface area contributed by atoms with Crippen molar-refractivity contribution in [2.45, 2.75) is 136 Å². The maximum absolute atomic E-state index is 7.48. The lowest BCUT2D eigenvalue weighted by molar-refractivity contribution is -0.330. The molecule has 0 aromatic rings. The smallest absolute Gasteiger partial charge is 0.124 e. The number of rotatable bonds is 8. The molecule has 0 saturated carbocycles. The average molecular weight is 730 g/mol. The second kappa shape index (κ2) is 14.8. The molecule has 0 N–H and O–H groups in total. The summed E-state index contributed by atoms with van der Waals surface area (Å²) in [6.45, 7) is 6.51. The molecule has 0 amide bonds. The Morgan fingerprint density at radius 1 is 0.653 bits per heavy atom. The summed E-state index contributed by atoms with van der Waals surface area (Å²) in [5, 5.41) is 0.952. The van der Waals surface area contributed by atoms with Crippen LogP contribution in [0.25, 0.3) is 0 Å². The van der Waals surface area contributed by atoms with E-state index in [0.717, 1.165) is 77.2 Å². The number of nitrogens with zero attached hydrogens (tertiary/aromatic N) is 3. The van der Waals surface area contributed by atoms with Gasteiger partial charge in [-0.1, -0.05) is 18.9 Å². The molecule has 7 nitrogen and oxygen atoms in total. The van der Waals surface area contributed by atoms with Gasteiger partial charge in [0.1, 0.15) is 17.9 Å². The fourth-order valence-electron chi connectivity index (χ4n) is 12.1. The second-order valence-electron chi connectivity index (χ2n) is 16.0. The van der Waals surface area contributed by atoms with Crippen LogP contribution in [0.1, 0.15) is 89.9 Å². The Hall–Kier alpha value is -0.330. The van der Waals surface area contributed by atoms with Gasteiger partial charge in [-0.25, -0.2) is 0 Å². The van der Waals surface area contributed by atoms with Crippen LogP contribution in [-0.4, -0.2) is 118 Å². The Balaban J connectivity index is 1.42. The van der Waals surface area contributed by atoms with Gasteiger partial charge in [-0.3, -0.25) is 14.7 Å². The van der Waals surface area contributed by atoms with Gasteiger partial charge in [-0.05, 0) is 125 Å². The molecule has 9 aliphatic heterocycles. The first-order valence-corrected chi connectivity index (χ1v) is 23.0. The van der Waals surface area contributed by atoms with Gasteiger partial charge in [0.2, 0.25) is 0 Å². The molecular formula is C39H59N3O4S3. The first kappa shape index (κ1) is 34.4. The molecule has 7 saturated heterocycles. The molecule has 0 radical (unpaired) electrons. The van der Waals surface area contributed by atoms with E-state index in [-0.39, 0.29) is 47.0 Å². The average Bonchev–Trinajstić information content (AvgIpc) is 3.20. The van der Waals surface area contributed by atoms with Gasteiger partial charge in [0.15, 0.2) is 0 Å². The third kappa shape index (κ3) is 5.32. The Bertz CT molecular complexity index is 1190. The van der Waals surface area contributed by atoms with Crippen molar-refractivity contribution in [3.63, 3.8) is 0 Å². The summed E-state index contributed by atoms with van der Waals surface area (Å²) < 4.78 is 28.8. The Kier molecular flexibility index (Phi) is 10.4. The van der Waals surface area contributed by atoms with Crippen LogP contribution in [0, 0.1) is 11.3 Å². The maximum atomic E-state index is 7.48. The predicted molar refractivity (Wildman–Crippen MR) is 203 cm³/mol. The van der Waals surface area contributed by atoms with E-state index in [1.165, 1.54) is 69.3 Å². The minimum Gasteiger partial charge on any atom is -0.498 e. The molecule has 49 heavy (non-hydrogen) atoms. The van der Waals surface area contributed by atoms with Crippen LogP contribution in [0.15, 0.2) is 36.8 Å². The molecule has 0 spiro atoms. The van der Waals surface area contributed by atoms with Gasteiger partial charge in [0.05, 0.1) is 41.1 Å². The molecule has 0 aromatic carbocycles. The van der Waals surface area contributed by atoms with Crippen molar-refractivity contribution in [2.75, 3.05) is 56.6 Å². The van der Waals surface area contributed by atoms with E-state index in [9.17, 15) is 0 Å². The third-order valence-electron chi connectivity index (χ3n) is 14.0. The van der Waals surface area contributed by atoms with Crippen molar-refractivity contribution in [2.24, 2.45) is 11.3 Å². The van der Waals surface area contributed by atoms with Crippen LogP contribution in [0.5, 0.6) is 0 Å². The number of thioether (sulfide) groups is 2. The lowest BCUT2D eigenvalue weighted by Crippen LogP contribution is -2.93. The highest BCUT2D eigenvalue weighted by molar-refractivity contribution is 8.01. The SMILES string of the molecule is C1=COC(C2CCN(C3CCS3)C(C3CCO3)(N3CCC3)C(C3CCCSO3)(N3CCCCC3)C2(C2CCC=CO2)C2CCCCS2)C=C1. The van der Waals surface area contributed by atoms with E-state index in [2.05, 4.69) is 68.8 Å². The number of hydrogen-bond donors (Lipinski definition) is 0. The van der Waals surface area contributed by atoms with Gasteiger partial charge >= 0.3 is 0 Å². The zero-order valence-corrected chi connectivity index (χ0v) is 31.9. The van der Waals surface area contributed by atoms with E-state index < -0.39 is 0 Å². The van der Waals surface area contributed by atoms with Crippen LogP contribution in [-0.2, 0) is 18.4 Å². The summed E-state index contributed by atoms with van der Waals surface area (Å²) in [6, 6.07) is 0. The Morgan fingerprint density at radius 3 is 2.14 bits per heavy atom. The number of hydrogen-bond acceptors (Lipinski definition) is 10. The molecular weight excluding hydrogens is 671 g/mol. The first-order valence-electron chi connectivity index (χ1n) is 20.0. The molecule has 9 aliphatic rings. The van der Waals surface area contributed by atoms with Crippen molar-refractivity contribution in [1.82, 2.24) is 14.7 Å². The molecule has 9 rings (SSSR count). The molecule has 0 aromatic heterocycles. The van der Waals surface area contributed by atoms with Gasteiger partial charge in [-0.15, -0.1) is 11.8 Å². The first-order chi connectivity index (χ1) is 24.3. The summed E-state index contributed by atoms with van der Waals surface area (Å²) in [6.07, 6.45) is 30.4. The van der Waals surface area contributed by atoms with Crippen molar-refractivity contribution >= 4 is 35.6 Å². The molecule has 272 valence electrons. The Labute approximate surface area is 308 Å². The zero-order valence-electron chi connectivity index (χ0n) is 29.5. The lowest BCUT2D eigenvalue weighted by Gasteiger charge is -2.77. The van der Waals surface area contributed by atoms with Crippen molar-refractivity contribution in [3.05, 3.63) is 36.8 Å². The number of allylic oxidation sites excluding steroid dienone is 3. The summed E-state index contributed by atoms with van der Waals surface area (Å²) >= 11 is 6.28. The number of piperidine rings is 1. The van der Waals surface area contributed by atoms with E-state index >= 15 is 0 Å². The zero-order chi connectivity index (χ0) is 32.7. The molecule has 10 atom stereocenters. The highest BCUT2D eigenvalue weighted by atomic mass is 32.2. The minimum absolute atomic E-state index is 0.00725. The topological polar surface area (TPSA) is 46.6 Å². The van der Waals surface area contributed by atoms with Crippen molar-refractivity contribution in [1.29, 1.82) is 0 Å². The van der Waals surface area contributed by atoms with E-state index in [0.29, 0.717) is 10.6 Å². The highest BCUT2D eigenvalue weighted by Crippen LogP contribution is 2.70. The molecule has 10 unspecified atom stereocenters. The molecule has 0 bridgehead atoms. The van der Waals surface area contributed by atoms with Crippen LogP contribution in [0.4, 0.5) is 0 Å². The summed E-state index contributed by atoms with van der Waals surface area (Å²) in [5.41, 5.74) is -0.923. The summed E-state index contributed by atoms with van der Waals surface area (Å²) in [4.78, 5) is 9.21. The van der Waals surface area contributed by atoms with E-state index in [1.54, 1.807) is 12.0 Å². The summed E-state index contributed by atoms with van der Waals surface area (Å²) in [7, 11) is 0. The minimum atomic E-state index is -0.361. The van der Waals surface area contributed by atoms with Gasteiger partial charge in [-0.2, -0.15) is 11.8 Å². The van der Waals surface area contributed by atoms with Crippen LogP contribution in [0.3, 0.4) is 0 Å². The van der Waals surface area contributed by atoms with E-state index in [4.69, 9.17) is 18.4 Å². The number of likely N-dealkylation sites (tertiary alicyclic amines) is 3. The number of ether oxygens (including phenoxy) is 3. The van der Waals surface area contributed by atoms with Gasteiger partial charge < -0.3 is 18.4 Å². The van der Waals surface area contributed by atoms with Gasteiger partial charge in [0.25, 0.3) is 0 Å². The fraction of sp³-hybridized carbons (Fsp3) is 0.846. The van der Waals surface area contributed by atoms with Crippen LogP contribution < -0.4 is 0 Å². The van der Waals surface area contributed by atoms with Crippen LogP contribution in [0.2, 0.25) is 0 Å². The molecule has 9 heterocycles. The lowest BCUT2D eigenvalue weighted by atomic mass is 9.46. The third-order valence-corrected chi connectivity index (χ3v) is 17.7. The Morgan fingerprint density at radius 2 is 1.53 bits per heavy atom. The molecule has 0 aliphatic carbocycles. The van der Waals surface area contributed by atoms with E-state index in [1.807, 2.05) is 6.26 Å². The standard InChI is InChI=1S/C39H59N3O4S3/c1-5-19-40(20-6-1)38(33-14-10-28-49-46-33)37(32-13-3-8-25-44-32,35-15-4-9-27-47-35)30(31-12-2-7-24-43-31)16-23-42(36-18-29-48-36)39(38,34-17-26-45-34)41-21-11-22-41/h2,7-8,12,24-25,30-36H,1,3-6,9-11,13-23,26-29H2. The van der Waals surface area contributed by atoms with Gasteiger partial charge in [0, 0.05) is 49.6 Å². The summed E-state index contributed by atoms with van der Waals surface area (Å²) in [5.74, 6) is 3.85. The largest absolute Gasteiger partial charge is 0.498 e. The van der Waals surface area contributed by atoms with Crippen LogP contribution >= 0.6 is 35.6 Å². The maximum Gasteiger partial charge on any atom is 0.124 e. The second-order valence-corrected chi connectivity index (χ2v) is 19.4. The predicted octanol–water partition coefficient (Wildman–Crippen LogP) is 7.45. The van der Waals surface area contributed by atoms with Crippen molar-refractivity contribution < 1.29 is 18.4 Å². The normalized spacial score (nSPS) is 46.8. The quantitative estimate of drug-likeness (QED) is 0.236. The van der Waals surface area contributed by atoms with Crippen molar-refractivity contribution in [3.8, 4) is 0 Å². The molecule has 10 heteroatoms. The monoisotopic (exact) mass is 729 g/mol. The molecule has 7 fully saturated rings. The fourth-order valence-corrected chi connectivity index (χ4v) is 15.6. The highest BCUT2D eigenvalue weighted by Gasteiger charge is 2.83.